The standard InChI is InChI=1S/C36H33N5O3/c1-25-21-33(36(44)40(29-15-5-3-6-16-29)30-17-7-4-8-18-30)38-41(25)34-20-12-11-19-32(34)35(43)39-24-28-14-10-9-13-27(28)22-31(39)23-37-26(2)42/h3-21,31H,22-24H2,1-2H3,(H,37,42)/t31-/m0/s1. The summed E-state index contributed by atoms with van der Waals surface area (Å²) in [5.41, 5.74) is 5.73. The summed E-state index contributed by atoms with van der Waals surface area (Å²) in [6, 6.07) is 35.9. The zero-order chi connectivity index (χ0) is 30.6. The molecule has 1 N–H and O–H groups in total. The molecule has 6 rings (SSSR count). The Hall–Kier alpha value is -5.50. The molecule has 0 radical (unpaired) electrons. The molecule has 8 heteroatoms. The Bertz CT molecular complexity index is 1780. The van der Waals surface area contributed by atoms with Gasteiger partial charge in [0.1, 0.15) is 0 Å². The fourth-order valence-electron chi connectivity index (χ4n) is 5.74. The van der Waals surface area contributed by atoms with Gasteiger partial charge >= 0.3 is 0 Å². The topological polar surface area (TPSA) is 87.5 Å². The zero-order valence-electron chi connectivity index (χ0n) is 24.7. The van der Waals surface area contributed by atoms with Gasteiger partial charge < -0.3 is 10.2 Å². The lowest BCUT2D eigenvalue weighted by Crippen LogP contribution is -2.50. The summed E-state index contributed by atoms with van der Waals surface area (Å²) in [7, 11) is 0. The maximum absolute atomic E-state index is 14.3. The van der Waals surface area contributed by atoms with Crippen molar-refractivity contribution < 1.29 is 14.4 Å². The zero-order valence-corrected chi connectivity index (χ0v) is 24.7. The highest BCUT2D eigenvalue weighted by atomic mass is 16.2. The Morgan fingerprint density at radius 2 is 1.41 bits per heavy atom. The molecule has 5 aromatic rings. The summed E-state index contributed by atoms with van der Waals surface area (Å²) in [6.07, 6.45) is 0.638. The molecule has 1 aromatic heterocycles. The number of fused-ring (bicyclic) bond motifs is 1. The Kier molecular flexibility index (Phi) is 8.06. The van der Waals surface area contributed by atoms with Crippen molar-refractivity contribution in [2.75, 3.05) is 11.4 Å². The van der Waals surface area contributed by atoms with Crippen LogP contribution in [0.2, 0.25) is 0 Å². The molecule has 3 amide bonds. The molecule has 220 valence electrons. The van der Waals surface area contributed by atoms with Gasteiger partial charge in [0.2, 0.25) is 5.91 Å². The number of aromatic nitrogens is 2. The van der Waals surface area contributed by atoms with Crippen molar-refractivity contribution in [1.29, 1.82) is 0 Å². The van der Waals surface area contributed by atoms with E-state index >= 15 is 0 Å². The van der Waals surface area contributed by atoms with Crippen molar-refractivity contribution in [3.8, 4) is 5.69 Å². The van der Waals surface area contributed by atoms with Crippen LogP contribution in [0, 0.1) is 6.92 Å². The number of para-hydroxylation sites is 3. The van der Waals surface area contributed by atoms with Crippen molar-refractivity contribution in [3.05, 3.63) is 143 Å². The summed E-state index contributed by atoms with van der Waals surface area (Å²) in [6.45, 7) is 4.13. The van der Waals surface area contributed by atoms with E-state index in [9.17, 15) is 14.4 Å². The molecule has 0 aliphatic carbocycles. The number of nitrogens with zero attached hydrogens (tertiary/aromatic N) is 4. The Labute approximate surface area is 256 Å². The number of carbonyl (C=O) groups is 3. The quantitative estimate of drug-likeness (QED) is 0.260. The molecule has 1 aliphatic rings. The third kappa shape index (κ3) is 5.74. The number of aryl methyl sites for hydroxylation is 1. The summed E-state index contributed by atoms with van der Waals surface area (Å²) in [5.74, 6) is -0.583. The predicted molar refractivity (Wildman–Crippen MR) is 170 cm³/mol. The summed E-state index contributed by atoms with van der Waals surface area (Å²) in [4.78, 5) is 43.6. The molecule has 0 fully saturated rings. The van der Waals surface area contributed by atoms with Gasteiger partial charge in [0.05, 0.1) is 17.3 Å². The number of carbonyl (C=O) groups excluding carboxylic acids is 3. The van der Waals surface area contributed by atoms with Gasteiger partial charge in [-0.25, -0.2) is 4.68 Å². The van der Waals surface area contributed by atoms with Gasteiger partial charge in [-0.2, -0.15) is 5.10 Å². The Morgan fingerprint density at radius 3 is 2.07 bits per heavy atom. The maximum Gasteiger partial charge on any atom is 0.283 e. The molecule has 0 saturated heterocycles. The van der Waals surface area contributed by atoms with Crippen molar-refractivity contribution in [2.24, 2.45) is 0 Å². The second-order valence-corrected chi connectivity index (χ2v) is 10.9. The molecule has 2 heterocycles. The molecular formula is C36H33N5O3. The molecule has 0 spiro atoms. The van der Waals surface area contributed by atoms with Gasteiger partial charge in [-0.3, -0.25) is 19.3 Å². The maximum atomic E-state index is 14.3. The molecule has 44 heavy (non-hydrogen) atoms. The lowest BCUT2D eigenvalue weighted by atomic mass is 9.93. The first kappa shape index (κ1) is 28.6. The Morgan fingerprint density at radius 1 is 0.818 bits per heavy atom. The summed E-state index contributed by atoms with van der Waals surface area (Å²) < 4.78 is 1.66. The fourth-order valence-corrected chi connectivity index (χ4v) is 5.74. The van der Waals surface area contributed by atoms with Crippen molar-refractivity contribution in [2.45, 2.75) is 32.9 Å². The normalized spacial score (nSPS) is 14.0. The molecule has 0 saturated carbocycles. The van der Waals surface area contributed by atoms with Gasteiger partial charge in [0.15, 0.2) is 5.69 Å². The number of hydrogen-bond acceptors (Lipinski definition) is 4. The van der Waals surface area contributed by atoms with Crippen LogP contribution in [0.3, 0.4) is 0 Å². The molecule has 1 aliphatic heterocycles. The highest BCUT2D eigenvalue weighted by molar-refractivity contribution is 6.10. The van der Waals surface area contributed by atoms with Crippen LogP contribution < -0.4 is 10.2 Å². The number of amides is 3. The third-order valence-electron chi connectivity index (χ3n) is 7.90. The predicted octanol–water partition coefficient (Wildman–Crippen LogP) is 5.86. The lowest BCUT2D eigenvalue weighted by molar-refractivity contribution is -0.119. The van der Waals surface area contributed by atoms with Crippen LogP contribution in [0.15, 0.2) is 115 Å². The minimum Gasteiger partial charge on any atom is -0.354 e. The molecule has 8 nitrogen and oxygen atoms in total. The van der Waals surface area contributed by atoms with Crippen LogP contribution in [-0.4, -0.2) is 45.0 Å². The average molecular weight is 584 g/mol. The van der Waals surface area contributed by atoms with E-state index in [1.165, 1.54) is 12.5 Å². The van der Waals surface area contributed by atoms with Gasteiger partial charge in [0.25, 0.3) is 11.8 Å². The molecule has 4 aromatic carbocycles. The highest BCUT2D eigenvalue weighted by Crippen LogP contribution is 2.29. The van der Waals surface area contributed by atoms with Gasteiger partial charge in [0, 0.05) is 37.1 Å². The van der Waals surface area contributed by atoms with Crippen LogP contribution in [0.4, 0.5) is 11.4 Å². The van der Waals surface area contributed by atoms with E-state index in [0.29, 0.717) is 36.5 Å². The van der Waals surface area contributed by atoms with Gasteiger partial charge in [-0.1, -0.05) is 72.8 Å². The first-order valence-electron chi connectivity index (χ1n) is 14.6. The summed E-state index contributed by atoms with van der Waals surface area (Å²) in [5, 5.41) is 7.65. The lowest BCUT2D eigenvalue weighted by Gasteiger charge is -2.37. The van der Waals surface area contributed by atoms with E-state index in [1.807, 2.05) is 109 Å². The number of hydrogen-bond donors (Lipinski definition) is 1. The minimum absolute atomic E-state index is 0.138. The van der Waals surface area contributed by atoms with Crippen LogP contribution in [0.25, 0.3) is 5.69 Å². The highest BCUT2D eigenvalue weighted by Gasteiger charge is 2.32. The van der Waals surface area contributed by atoms with E-state index in [4.69, 9.17) is 5.10 Å². The first-order chi connectivity index (χ1) is 21.4. The Balaban J connectivity index is 1.36. The first-order valence-corrected chi connectivity index (χ1v) is 14.6. The van der Waals surface area contributed by atoms with E-state index in [1.54, 1.807) is 21.7 Å². The SMILES string of the molecule is CC(=O)NC[C@@H]1Cc2ccccc2CN1C(=O)c1ccccc1-n1nc(C(=O)N(c2ccccc2)c2ccccc2)cc1C. The monoisotopic (exact) mass is 583 g/mol. The molecule has 1 atom stereocenters. The number of nitrogens with one attached hydrogen (secondary N) is 1. The van der Waals surface area contributed by atoms with E-state index in [-0.39, 0.29) is 29.5 Å². The smallest absolute Gasteiger partial charge is 0.283 e. The van der Waals surface area contributed by atoms with E-state index in [0.717, 1.165) is 16.9 Å². The molecular weight excluding hydrogens is 550 g/mol. The van der Waals surface area contributed by atoms with Crippen molar-refractivity contribution >= 4 is 29.1 Å². The van der Waals surface area contributed by atoms with Gasteiger partial charge in [-0.15, -0.1) is 0 Å². The van der Waals surface area contributed by atoms with Crippen molar-refractivity contribution in [1.82, 2.24) is 20.0 Å². The second-order valence-electron chi connectivity index (χ2n) is 10.9. The van der Waals surface area contributed by atoms with Crippen molar-refractivity contribution in [3.63, 3.8) is 0 Å². The van der Waals surface area contributed by atoms with Crippen LogP contribution in [0.1, 0.15) is 44.6 Å². The number of benzene rings is 4. The average Bonchev–Trinajstić information content (AvgIpc) is 3.45. The van der Waals surface area contributed by atoms with Crippen LogP contribution in [0.5, 0.6) is 0 Å². The molecule has 0 bridgehead atoms. The second kappa shape index (κ2) is 12.4. The van der Waals surface area contributed by atoms with E-state index in [2.05, 4.69) is 11.4 Å². The van der Waals surface area contributed by atoms with Crippen LogP contribution in [-0.2, 0) is 17.8 Å². The third-order valence-corrected chi connectivity index (χ3v) is 7.90. The summed E-state index contributed by atoms with van der Waals surface area (Å²) >= 11 is 0. The van der Waals surface area contributed by atoms with Gasteiger partial charge in [-0.05, 0) is 66.9 Å². The fraction of sp³-hybridized carbons (Fsp3) is 0.167. The minimum atomic E-state index is -0.281. The largest absolute Gasteiger partial charge is 0.354 e. The number of anilines is 2. The number of rotatable bonds is 7. The van der Waals surface area contributed by atoms with Crippen LogP contribution >= 0.6 is 0 Å². The molecule has 0 unspecified atom stereocenters. The van der Waals surface area contributed by atoms with E-state index < -0.39 is 0 Å².